The smallest absolute Gasteiger partial charge is 0.274 e. The van der Waals surface area contributed by atoms with Gasteiger partial charge in [0.25, 0.3) is 5.91 Å². The average molecular weight is 388 g/mol. The maximum atomic E-state index is 12.4. The zero-order chi connectivity index (χ0) is 20.8. The van der Waals surface area contributed by atoms with E-state index in [-0.39, 0.29) is 23.3 Å². The van der Waals surface area contributed by atoms with Crippen LogP contribution in [0.2, 0.25) is 0 Å². The zero-order valence-corrected chi connectivity index (χ0v) is 16.0. The maximum Gasteiger partial charge on any atom is 0.274 e. The highest BCUT2D eigenvalue weighted by molar-refractivity contribution is 6.03. The summed E-state index contributed by atoms with van der Waals surface area (Å²) in [7, 11) is 0. The second-order valence-corrected chi connectivity index (χ2v) is 6.41. The second-order valence-electron chi connectivity index (χ2n) is 6.41. The van der Waals surface area contributed by atoms with Crippen LogP contribution in [0.15, 0.2) is 66.9 Å². The van der Waals surface area contributed by atoms with Crippen LogP contribution in [0.4, 0.5) is 22.7 Å². The van der Waals surface area contributed by atoms with Gasteiger partial charge in [-0.25, -0.2) is 4.98 Å². The minimum atomic E-state index is -0.359. The van der Waals surface area contributed by atoms with Gasteiger partial charge in [0, 0.05) is 29.5 Å². The third-order valence-corrected chi connectivity index (χ3v) is 4.02. The monoisotopic (exact) mass is 388 g/mol. The van der Waals surface area contributed by atoms with Crippen molar-refractivity contribution >= 4 is 40.3 Å². The van der Waals surface area contributed by atoms with Crippen LogP contribution in [0.25, 0.3) is 0 Å². The number of pyridine rings is 1. The van der Waals surface area contributed by atoms with Gasteiger partial charge in [-0.2, -0.15) is 0 Å². The number of hydrogen-bond acceptors (Lipinski definition) is 5. The van der Waals surface area contributed by atoms with Gasteiger partial charge in [0.05, 0.1) is 11.9 Å². The lowest BCUT2D eigenvalue weighted by Gasteiger charge is -2.09. The van der Waals surface area contributed by atoms with Gasteiger partial charge >= 0.3 is 0 Å². The lowest BCUT2D eigenvalue weighted by atomic mass is 10.1. The molecular weight excluding hydrogens is 368 g/mol. The Hall–Kier alpha value is -4.00. The molecule has 29 heavy (non-hydrogen) atoms. The molecule has 2 amide bonds. The summed E-state index contributed by atoms with van der Waals surface area (Å²) in [5, 5.41) is 8.58. The largest absolute Gasteiger partial charge is 0.354 e. The summed E-state index contributed by atoms with van der Waals surface area (Å²) in [5.74, 6) is -0.535. The first-order valence-electron chi connectivity index (χ1n) is 8.94. The highest BCUT2D eigenvalue weighted by Gasteiger charge is 2.09. The molecular formula is C22H20N4O3. The maximum absolute atomic E-state index is 12.4. The van der Waals surface area contributed by atoms with E-state index in [4.69, 9.17) is 0 Å². The molecule has 3 N–H and O–H groups in total. The van der Waals surface area contributed by atoms with Crippen LogP contribution in [0.5, 0.6) is 0 Å². The number of benzene rings is 2. The molecule has 0 saturated carbocycles. The highest BCUT2D eigenvalue weighted by atomic mass is 16.2. The van der Waals surface area contributed by atoms with Gasteiger partial charge < -0.3 is 16.0 Å². The van der Waals surface area contributed by atoms with Gasteiger partial charge in [0.2, 0.25) is 5.91 Å². The number of hydrogen-bond donors (Lipinski definition) is 3. The summed E-state index contributed by atoms with van der Waals surface area (Å²) in [4.78, 5) is 39.1. The number of carbonyl (C=O) groups excluding carboxylic acids is 3. The minimum absolute atomic E-state index is 0.0104. The molecule has 0 saturated heterocycles. The average Bonchev–Trinajstić information content (AvgIpc) is 2.68. The molecule has 0 bridgehead atoms. The molecule has 0 atom stereocenters. The van der Waals surface area contributed by atoms with Crippen LogP contribution in [0, 0.1) is 0 Å². The Morgan fingerprint density at radius 3 is 2.00 bits per heavy atom. The number of aromatic nitrogens is 1. The van der Waals surface area contributed by atoms with Crippen LogP contribution in [0.3, 0.4) is 0 Å². The summed E-state index contributed by atoms with van der Waals surface area (Å²) < 4.78 is 0. The van der Waals surface area contributed by atoms with Gasteiger partial charge in [-0.15, -0.1) is 0 Å². The molecule has 3 rings (SSSR count). The Morgan fingerprint density at radius 1 is 0.759 bits per heavy atom. The minimum Gasteiger partial charge on any atom is -0.354 e. The molecule has 0 spiro atoms. The third kappa shape index (κ3) is 5.49. The van der Waals surface area contributed by atoms with E-state index in [0.29, 0.717) is 22.6 Å². The lowest BCUT2D eigenvalue weighted by Crippen LogP contribution is -2.14. The first-order chi connectivity index (χ1) is 13.9. The molecule has 0 unspecified atom stereocenters. The predicted molar refractivity (Wildman–Crippen MR) is 113 cm³/mol. The molecule has 0 aliphatic rings. The number of anilines is 4. The number of nitrogens with one attached hydrogen (secondary N) is 3. The Balaban J connectivity index is 1.64. The highest BCUT2D eigenvalue weighted by Crippen LogP contribution is 2.18. The van der Waals surface area contributed by atoms with Crippen LogP contribution in [-0.4, -0.2) is 22.6 Å². The number of Topliss-reactive ketones (excluding diaryl/α,β-unsaturated/α-hetero) is 1. The fraction of sp³-hybridized carbons (Fsp3) is 0.0909. The van der Waals surface area contributed by atoms with Crippen molar-refractivity contribution in [3.8, 4) is 0 Å². The van der Waals surface area contributed by atoms with E-state index in [1.807, 2.05) is 0 Å². The molecule has 7 heteroatoms. The number of ketones is 1. The SMILES string of the molecule is CC(=O)Nc1cccc(NC(=O)c2ccc(Nc3ccc(C(C)=O)cc3)cn2)c1. The first kappa shape index (κ1) is 19.8. The quantitative estimate of drug-likeness (QED) is 0.549. The summed E-state index contributed by atoms with van der Waals surface area (Å²) in [6.45, 7) is 2.94. The molecule has 0 radical (unpaired) electrons. The van der Waals surface area contributed by atoms with Gasteiger partial charge in [0.1, 0.15) is 5.69 Å². The zero-order valence-electron chi connectivity index (χ0n) is 16.0. The Labute approximate surface area is 168 Å². The fourth-order valence-electron chi connectivity index (χ4n) is 2.63. The van der Waals surface area contributed by atoms with Crippen LogP contribution in [-0.2, 0) is 4.79 Å². The van der Waals surface area contributed by atoms with Gasteiger partial charge in [-0.3, -0.25) is 14.4 Å². The van der Waals surface area contributed by atoms with E-state index in [1.165, 1.54) is 13.8 Å². The molecule has 3 aromatic rings. The van der Waals surface area contributed by atoms with Gasteiger partial charge in [-0.1, -0.05) is 6.07 Å². The first-order valence-corrected chi connectivity index (χ1v) is 8.94. The van der Waals surface area contributed by atoms with Crippen molar-refractivity contribution in [2.24, 2.45) is 0 Å². The van der Waals surface area contributed by atoms with Gasteiger partial charge in [-0.05, 0) is 61.5 Å². The third-order valence-electron chi connectivity index (χ3n) is 4.02. The molecule has 2 aromatic carbocycles. The molecule has 7 nitrogen and oxygen atoms in total. The van der Waals surface area contributed by atoms with Crippen molar-refractivity contribution in [1.82, 2.24) is 4.98 Å². The number of carbonyl (C=O) groups is 3. The molecule has 0 aliphatic carbocycles. The van der Waals surface area contributed by atoms with Gasteiger partial charge in [0.15, 0.2) is 5.78 Å². The van der Waals surface area contributed by atoms with Crippen molar-refractivity contribution in [3.05, 3.63) is 78.1 Å². The molecule has 0 aliphatic heterocycles. The number of nitrogens with zero attached hydrogens (tertiary/aromatic N) is 1. The summed E-state index contributed by atoms with van der Waals surface area (Å²) in [6.07, 6.45) is 1.56. The standard InChI is InChI=1S/C22H20N4O3/c1-14(27)16-6-8-17(9-7-16)25-20-10-11-21(23-13-20)22(29)26-19-5-3-4-18(12-19)24-15(2)28/h3-13,25H,1-2H3,(H,24,28)(H,26,29). The van der Waals surface area contributed by atoms with Crippen LogP contribution >= 0.6 is 0 Å². The molecule has 146 valence electrons. The van der Waals surface area contributed by atoms with Crippen molar-refractivity contribution < 1.29 is 14.4 Å². The van der Waals surface area contributed by atoms with Crippen molar-refractivity contribution in [1.29, 1.82) is 0 Å². The Bertz CT molecular complexity index is 1040. The summed E-state index contributed by atoms with van der Waals surface area (Å²) >= 11 is 0. The molecule has 1 aromatic heterocycles. The predicted octanol–water partition coefficient (Wildman–Crippen LogP) is 4.24. The lowest BCUT2D eigenvalue weighted by molar-refractivity contribution is -0.114. The topological polar surface area (TPSA) is 100 Å². The Morgan fingerprint density at radius 2 is 1.41 bits per heavy atom. The Kier molecular flexibility index (Phi) is 5.99. The van der Waals surface area contributed by atoms with E-state index >= 15 is 0 Å². The van der Waals surface area contributed by atoms with Crippen LogP contribution < -0.4 is 16.0 Å². The molecule has 1 heterocycles. The van der Waals surface area contributed by atoms with E-state index in [0.717, 1.165) is 5.69 Å². The second kappa shape index (κ2) is 8.79. The summed E-state index contributed by atoms with van der Waals surface area (Å²) in [5.41, 5.74) is 3.57. The van der Waals surface area contributed by atoms with Crippen molar-refractivity contribution in [3.63, 3.8) is 0 Å². The van der Waals surface area contributed by atoms with Crippen LogP contribution in [0.1, 0.15) is 34.7 Å². The van der Waals surface area contributed by atoms with Crippen molar-refractivity contribution in [2.75, 3.05) is 16.0 Å². The molecule has 0 fully saturated rings. The van der Waals surface area contributed by atoms with Crippen molar-refractivity contribution in [2.45, 2.75) is 13.8 Å². The van der Waals surface area contributed by atoms with E-state index < -0.39 is 0 Å². The van der Waals surface area contributed by atoms with E-state index in [1.54, 1.807) is 66.9 Å². The number of amides is 2. The van der Waals surface area contributed by atoms with E-state index in [9.17, 15) is 14.4 Å². The number of rotatable bonds is 6. The fourth-order valence-corrected chi connectivity index (χ4v) is 2.63. The summed E-state index contributed by atoms with van der Waals surface area (Å²) in [6, 6.07) is 17.3. The van der Waals surface area contributed by atoms with E-state index in [2.05, 4.69) is 20.9 Å². The normalized spacial score (nSPS) is 10.1.